The highest BCUT2D eigenvalue weighted by molar-refractivity contribution is 9.09. The minimum absolute atomic E-state index is 0.164. The van der Waals surface area contributed by atoms with Crippen LogP contribution in [0, 0.1) is 0 Å². The second kappa shape index (κ2) is 4.79. The van der Waals surface area contributed by atoms with Crippen molar-refractivity contribution < 1.29 is 4.79 Å². The fourth-order valence-electron chi connectivity index (χ4n) is 2.01. The van der Waals surface area contributed by atoms with Crippen LogP contribution in [0.25, 0.3) is 0 Å². The van der Waals surface area contributed by atoms with Crippen molar-refractivity contribution >= 4 is 21.8 Å². The Balaban J connectivity index is 2.14. The van der Waals surface area contributed by atoms with Gasteiger partial charge in [-0.25, -0.2) is 0 Å². The maximum absolute atomic E-state index is 12.1. The molecule has 0 unspecified atom stereocenters. The lowest BCUT2D eigenvalue weighted by Crippen LogP contribution is -2.36. The molecule has 1 aromatic carbocycles. The molecule has 1 fully saturated rings. The van der Waals surface area contributed by atoms with Crippen LogP contribution in [0.1, 0.15) is 23.2 Å². The Labute approximate surface area is 98.4 Å². The third-order valence-corrected chi connectivity index (χ3v) is 3.58. The monoisotopic (exact) mass is 267 g/mol. The van der Waals surface area contributed by atoms with Crippen LogP contribution >= 0.6 is 15.9 Å². The Kier molecular flexibility index (Phi) is 3.41. The summed E-state index contributed by atoms with van der Waals surface area (Å²) >= 11 is 3.46. The third kappa shape index (κ3) is 2.23. The van der Waals surface area contributed by atoms with Crippen molar-refractivity contribution in [2.24, 2.45) is 0 Å². The van der Waals surface area contributed by atoms with E-state index in [1.165, 1.54) is 0 Å². The zero-order chi connectivity index (χ0) is 10.7. The minimum atomic E-state index is 0.164. The molecule has 0 N–H and O–H groups in total. The van der Waals surface area contributed by atoms with Gasteiger partial charge < -0.3 is 4.90 Å². The Bertz CT molecular complexity index is 339. The lowest BCUT2D eigenvalue weighted by Gasteiger charge is -2.23. The maximum Gasteiger partial charge on any atom is 0.254 e. The summed E-state index contributed by atoms with van der Waals surface area (Å²) in [5.74, 6) is 0.164. The van der Waals surface area contributed by atoms with Gasteiger partial charge in [0, 0.05) is 23.5 Å². The lowest BCUT2D eigenvalue weighted by molar-refractivity contribution is 0.0750. The molecule has 15 heavy (non-hydrogen) atoms. The summed E-state index contributed by atoms with van der Waals surface area (Å²) in [6.45, 7) is 0.893. The molecule has 1 aromatic rings. The van der Waals surface area contributed by atoms with Gasteiger partial charge in [-0.15, -0.1) is 0 Å². The van der Waals surface area contributed by atoms with E-state index in [-0.39, 0.29) is 5.91 Å². The second-order valence-electron chi connectivity index (χ2n) is 3.81. The van der Waals surface area contributed by atoms with Gasteiger partial charge in [0.1, 0.15) is 0 Å². The van der Waals surface area contributed by atoms with Crippen LogP contribution in [-0.2, 0) is 0 Å². The van der Waals surface area contributed by atoms with Crippen molar-refractivity contribution in [1.29, 1.82) is 0 Å². The number of hydrogen-bond donors (Lipinski definition) is 0. The standard InChI is InChI=1S/C12H14BrNO/c13-9-11-7-4-8-14(11)12(15)10-5-2-1-3-6-10/h1-3,5-6,11H,4,7-9H2/t11-/m0/s1. The molecule has 80 valence electrons. The summed E-state index contributed by atoms with van der Waals surface area (Å²) in [5, 5.41) is 0.881. The lowest BCUT2D eigenvalue weighted by atomic mass is 10.2. The van der Waals surface area contributed by atoms with Gasteiger partial charge in [0.15, 0.2) is 0 Å². The quantitative estimate of drug-likeness (QED) is 0.755. The number of rotatable bonds is 2. The minimum Gasteiger partial charge on any atom is -0.335 e. The summed E-state index contributed by atoms with van der Waals surface area (Å²) in [6.07, 6.45) is 2.23. The molecule has 1 aliphatic heterocycles. The molecule has 0 aliphatic carbocycles. The van der Waals surface area contributed by atoms with Gasteiger partial charge in [0.05, 0.1) is 0 Å². The largest absolute Gasteiger partial charge is 0.335 e. The second-order valence-corrected chi connectivity index (χ2v) is 4.46. The molecule has 0 bridgehead atoms. The van der Waals surface area contributed by atoms with E-state index in [0.717, 1.165) is 30.3 Å². The van der Waals surface area contributed by atoms with Gasteiger partial charge in [-0.2, -0.15) is 0 Å². The number of carbonyl (C=O) groups is 1. The Morgan fingerprint density at radius 3 is 2.80 bits per heavy atom. The van der Waals surface area contributed by atoms with E-state index in [0.29, 0.717) is 6.04 Å². The van der Waals surface area contributed by atoms with Crippen LogP contribution in [0.3, 0.4) is 0 Å². The molecule has 0 aromatic heterocycles. The van der Waals surface area contributed by atoms with Crippen LogP contribution in [-0.4, -0.2) is 28.7 Å². The molecule has 2 rings (SSSR count). The van der Waals surface area contributed by atoms with E-state index in [4.69, 9.17) is 0 Å². The SMILES string of the molecule is O=C(c1ccccc1)N1CCC[C@H]1CBr. The van der Waals surface area contributed by atoms with Crippen molar-refractivity contribution in [2.45, 2.75) is 18.9 Å². The average Bonchev–Trinajstić information content (AvgIpc) is 2.77. The molecule has 1 aliphatic rings. The van der Waals surface area contributed by atoms with E-state index in [1.54, 1.807) is 0 Å². The predicted octanol–water partition coefficient (Wildman–Crippen LogP) is 2.69. The first kappa shape index (κ1) is 10.7. The van der Waals surface area contributed by atoms with Gasteiger partial charge in [0.25, 0.3) is 5.91 Å². The van der Waals surface area contributed by atoms with Gasteiger partial charge in [0.2, 0.25) is 0 Å². The molecule has 0 saturated carbocycles. The van der Waals surface area contributed by atoms with Crippen LogP contribution in [0.4, 0.5) is 0 Å². The van der Waals surface area contributed by atoms with E-state index < -0.39 is 0 Å². The molecular weight excluding hydrogens is 254 g/mol. The molecule has 2 nitrogen and oxygen atoms in total. The number of alkyl halides is 1. The Hall–Kier alpha value is -0.830. The molecular formula is C12H14BrNO. The Morgan fingerprint density at radius 1 is 1.40 bits per heavy atom. The molecule has 1 heterocycles. The average molecular weight is 268 g/mol. The molecule has 1 amide bonds. The van der Waals surface area contributed by atoms with Crippen LogP contribution in [0.15, 0.2) is 30.3 Å². The van der Waals surface area contributed by atoms with E-state index in [9.17, 15) is 4.79 Å². The summed E-state index contributed by atoms with van der Waals surface area (Å²) in [4.78, 5) is 14.1. The third-order valence-electron chi connectivity index (χ3n) is 2.84. The fraction of sp³-hybridized carbons (Fsp3) is 0.417. The first-order chi connectivity index (χ1) is 7.33. The van der Waals surface area contributed by atoms with Crippen molar-refractivity contribution in [2.75, 3.05) is 11.9 Å². The molecule has 1 saturated heterocycles. The van der Waals surface area contributed by atoms with Crippen LogP contribution < -0.4 is 0 Å². The normalized spacial score (nSPS) is 20.6. The fourth-order valence-corrected chi connectivity index (χ4v) is 2.68. The summed E-state index contributed by atoms with van der Waals surface area (Å²) in [7, 11) is 0. The van der Waals surface area contributed by atoms with Crippen molar-refractivity contribution in [3.05, 3.63) is 35.9 Å². The zero-order valence-electron chi connectivity index (χ0n) is 8.53. The van der Waals surface area contributed by atoms with Crippen LogP contribution in [0.2, 0.25) is 0 Å². The van der Waals surface area contributed by atoms with Crippen molar-refractivity contribution in [3.8, 4) is 0 Å². The topological polar surface area (TPSA) is 20.3 Å². The number of amides is 1. The smallest absolute Gasteiger partial charge is 0.254 e. The van der Waals surface area contributed by atoms with E-state index in [1.807, 2.05) is 35.2 Å². The molecule has 0 spiro atoms. The highest BCUT2D eigenvalue weighted by atomic mass is 79.9. The molecule has 1 atom stereocenters. The highest BCUT2D eigenvalue weighted by Crippen LogP contribution is 2.21. The summed E-state index contributed by atoms with van der Waals surface area (Å²) < 4.78 is 0. The van der Waals surface area contributed by atoms with Crippen molar-refractivity contribution in [3.63, 3.8) is 0 Å². The van der Waals surface area contributed by atoms with Gasteiger partial charge >= 0.3 is 0 Å². The number of halogens is 1. The zero-order valence-corrected chi connectivity index (χ0v) is 10.1. The Morgan fingerprint density at radius 2 is 2.13 bits per heavy atom. The number of hydrogen-bond acceptors (Lipinski definition) is 1. The van der Waals surface area contributed by atoms with Gasteiger partial charge in [-0.05, 0) is 25.0 Å². The molecule has 3 heteroatoms. The first-order valence-electron chi connectivity index (χ1n) is 5.25. The number of carbonyl (C=O) groups excluding carboxylic acids is 1. The van der Waals surface area contributed by atoms with Crippen LogP contribution in [0.5, 0.6) is 0 Å². The van der Waals surface area contributed by atoms with Gasteiger partial charge in [-0.3, -0.25) is 4.79 Å². The maximum atomic E-state index is 12.1. The number of benzene rings is 1. The number of nitrogens with zero attached hydrogens (tertiary/aromatic N) is 1. The summed E-state index contributed by atoms with van der Waals surface area (Å²) in [6, 6.07) is 9.89. The highest BCUT2D eigenvalue weighted by Gasteiger charge is 2.28. The van der Waals surface area contributed by atoms with E-state index in [2.05, 4.69) is 15.9 Å². The summed E-state index contributed by atoms with van der Waals surface area (Å²) in [5.41, 5.74) is 0.797. The van der Waals surface area contributed by atoms with Crippen molar-refractivity contribution in [1.82, 2.24) is 4.90 Å². The first-order valence-corrected chi connectivity index (χ1v) is 6.37. The number of likely N-dealkylation sites (tertiary alicyclic amines) is 1. The van der Waals surface area contributed by atoms with Gasteiger partial charge in [-0.1, -0.05) is 34.1 Å². The molecule has 0 radical (unpaired) electrons. The predicted molar refractivity (Wildman–Crippen MR) is 64.3 cm³/mol. The van der Waals surface area contributed by atoms with E-state index >= 15 is 0 Å².